The minimum Gasteiger partial charge on any atom is -0.481 e. The van der Waals surface area contributed by atoms with Gasteiger partial charge in [0.25, 0.3) is 0 Å². The molecule has 1 atom stereocenters. The van der Waals surface area contributed by atoms with Gasteiger partial charge in [0.05, 0.1) is 5.92 Å². The molecule has 102 valence electrons. The highest BCUT2D eigenvalue weighted by Gasteiger charge is 2.21. The molecule has 1 rings (SSSR count). The second-order valence-corrected chi connectivity index (χ2v) is 4.45. The van der Waals surface area contributed by atoms with Crippen LogP contribution in [0, 0.1) is 5.92 Å². The van der Waals surface area contributed by atoms with Crippen LogP contribution >= 0.6 is 0 Å². The van der Waals surface area contributed by atoms with E-state index in [0.29, 0.717) is 0 Å². The minimum absolute atomic E-state index is 0.0183. The molecule has 3 N–H and O–H groups in total. The van der Waals surface area contributed by atoms with E-state index in [4.69, 9.17) is 10.8 Å². The third kappa shape index (κ3) is 5.81. The van der Waals surface area contributed by atoms with Crippen molar-refractivity contribution in [3.8, 4) is 0 Å². The van der Waals surface area contributed by atoms with Crippen LogP contribution in [0.5, 0.6) is 0 Å². The van der Waals surface area contributed by atoms with Gasteiger partial charge in [0.15, 0.2) is 0 Å². The summed E-state index contributed by atoms with van der Waals surface area (Å²) in [6.07, 6.45) is 0.222. The third-order valence-electron chi connectivity index (χ3n) is 2.81. The Morgan fingerprint density at radius 3 is 2.32 bits per heavy atom. The number of hydrogen-bond acceptors (Lipinski definition) is 3. The van der Waals surface area contributed by atoms with E-state index in [2.05, 4.69) is 0 Å². The number of carboxylic acids is 1. The average Bonchev–Trinajstić information content (AvgIpc) is 2.35. The molecule has 0 saturated heterocycles. The van der Waals surface area contributed by atoms with Gasteiger partial charge in [-0.1, -0.05) is 30.3 Å². The molecule has 1 aromatic rings. The van der Waals surface area contributed by atoms with E-state index in [1.165, 1.54) is 0 Å². The molecule has 1 amide bonds. The number of benzene rings is 1. The van der Waals surface area contributed by atoms with Crippen LogP contribution in [0.15, 0.2) is 30.3 Å². The summed E-state index contributed by atoms with van der Waals surface area (Å²) in [6, 6.07) is 9.13. The van der Waals surface area contributed by atoms with Crippen LogP contribution in [0.2, 0.25) is 0 Å². The quantitative estimate of drug-likeness (QED) is 0.735. The third-order valence-corrected chi connectivity index (χ3v) is 2.81. The summed E-state index contributed by atoms with van der Waals surface area (Å²) in [5.41, 5.74) is 5.83. The fourth-order valence-corrected chi connectivity index (χ4v) is 1.80. The predicted molar refractivity (Wildman–Crippen MR) is 69.3 cm³/mol. The van der Waals surface area contributed by atoms with Crippen molar-refractivity contribution in [1.82, 2.24) is 0 Å². The van der Waals surface area contributed by atoms with Gasteiger partial charge in [-0.05, 0) is 12.0 Å². The van der Waals surface area contributed by atoms with E-state index in [9.17, 15) is 14.4 Å². The molecule has 0 aliphatic rings. The number of rotatable bonds is 8. The summed E-state index contributed by atoms with van der Waals surface area (Å²) in [4.78, 5) is 33.4. The number of hydrogen-bond donors (Lipinski definition) is 2. The highest BCUT2D eigenvalue weighted by atomic mass is 16.4. The molecule has 0 spiro atoms. The average molecular weight is 263 g/mol. The van der Waals surface area contributed by atoms with Gasteiger partial charge in [-0.15, -0.1) is 0 Å². The van der Waals surface area contributed by atoms with Crippen LogP contribution in [-0.2, 0) is 20.8 Å². The first-order valence-corrected chi connectivity index (χ1v) is 6.05. The summed E-state index contributed by atoms with van der Waals surface area (Å²) in [5, 5.41) is 9.00. The van der Waals surface area contributed by atoms with Gasteiger partial charge >= 0.3 is 5.97 Å². The Labute approximate surface area is 111 Å². The summed E-state index contributed by atoms with van der Waals surface area (Å²) in [7, 11) is 0. The Kier molecular flexibility index (Phi) is 5.73. The molecule has 19 heavy (non-hydrogen) atoms. The van der Waals surface area contributed by atoms with Crippen molar-refractivity contribution < 1.29 is 19.5 Å². The van der Waals surface area contributed by atoms with Crippen molar-refractivity contribution in [2.75, 3.05) is 0 Å². The molecule has 0 aromatic heterocycles. The minimum atomic E-state index is -1.07. The van der Waals surface area contributed by atoms with Gasteiger partial charge < -0.3 is 10.8 Å². The van der Waals surface area contributed by atoms with Crippen LogP contribution in [0.3, 0.4) is 0 Å². The number of aliphatic carboxylic acids is 1. The molecule has 0 heterocycles. The van der Waals surface area contributed by atoms with Gasteiger partial charge in [-0.25, -0.2) is 0 Å². The van der Waals surface area contributed by atoms with Gasteiger partial charge in [0.1, 0.15) is 5.78 Å². The summed E-state index contributed by atoms with van der Waals surface area (Å²) in [5.74, 6) is -2.61. The van der Waals surface area contributed by atoms with Crippen molar-refractivity contribution in [2.45, 2.75) is 25.7 Å². The number of nitrogens with two attached hydrogens (primary N) is 1. The van der Waals surface area contributed by atoms with Crippen LogP contribution in [0.1, 0.15) is 24.8 Å². The zero-order chi connectivity index (χ0) is 14.3. The highest BCUT2D eigenvalue weighted by molar-refractivity contribution is 5.85. The molecule has 0 bridgehead atoms. The van der Waals surface area contributed by atoms with E-state index in [-0.39, 0.29) is 31.5 Å². The molecule has 0 radical (unpaired) electrons. The van der Waals surface area contributed by atoms with Gasteiger partial charge in [0.2, 0.25) is 5.91 Å². The first-order valence-electron chi connectivity index (χ1n) is 6.05. The van der Waals surface area contributed by atoms with Gasteiger partial charge in [-0.2, -0.15) is 0 Å². The normalized spacial score (nSPS) is 11.8. The van der Waals surface area contributed by atoms with E-state index in [1.54, 1.807) is 0 Å². The monoisotopic (exact) mass is 263 g/mol. The van der Waals surface area contributed by atoms with Crippen molar-refractivity contribution in [3.63, 3.8) is 0 Å². The molecule has 5 nitrogen and oxygen atoms in total. The first kappa shape index (κ1) is 14.9. The highest BCUT2D eigenvalue weighted by Crippen LogP contribution is 2.14. The van der Waals surface area contributed by atoms with Crippen LogP contribution in [0.4, 0.5) is 0 Å². The molecule has 1 aromatic carbocycles. The lowest BCUT2D eigenvalue weighted by Gasteiger charge is -2.10. The lowest BCUT2D eigenvalue weighted by atomic mass is 9.94. The fraction of sp³-hybridized carbons (Fsp3) is 0.357. The second-order valence-electron chi connectivity index (χ2n) is 4.45. The standard InChI is InChI=1S/C14H17NO4/c15-13(17)7-6-11(14(18)19)9-12(16)8-10-4-2-1-3-5-10/h1-5,11H,6-9H2,(H2,15,17)(H,18,19)/t11-/m1/s1. The smallest absolute Gasteiger partial charge is 0.306 e. The number of ketones is 1. The van der Waals surface area contributed by atoms with E-state index in [1.807, 2.05) is 30.3 Å². The Morgan fingerprint density at radius 1 is 1.16 bits per heavy atom. The van der Waals surface area contributed by atoms with Gasteiger partial charge in [-0.3, -0.25) is 14.4 Å². The Balaban J connectivity index is 2.52. The second kappa shape index (κ2) is 7.31. The fourth-order valence-electron chi connectivity index (χ4n) is 1.80. The van der Waals surface area contributed by atoms with Crippen molar-refractivity contribution in [1.29, 1.82) is 0 Å². The Morgan fingerprint density at radius 2 is 1.79 bits per heavy atom. The predicted octanol–water partition coefficient (Wildman–Crippen LogP) is 1.15. The first-order chi connectivity index (χ1) is 8.99. The maximum absolute atomic E-state index is 11.8. The molecule has 0 aliphatic heterocycles. The lowest BCUT2D eigenvalue weighted by molar-refractivity contribution is -0.144. The molecular weight excluding hydrogens is 246 g/mol. The molecule has 0 unspecified atom stereocenters. The molecule has 5 heteroatoms. The SMILES string of the molecule is NC(=O)CC[C@H](CC(=O)Cc1ccccc1)C(=O)O. The van der Waals surface area contributed by atoms with Crippen LogP contribution < -0.4 is 5.73 Å². The maximum atomic E-state index is 11.8. The zero-order valence-corrected chi connectivity index (χ0v) is 10.5. The van der Waals surface area contributed by atoms with Crippen molar-refractivity contribution in [3.05, 3.63) is 35.9 Å². The number of carboxylic acid groups (broad SMARTS) is 1. The number of carbonyl (C=O) groups excluding carboxylic acids is 2. The molecule has 0 fully saturated rings. The van der Waals surface area contributed by atoms with Crippen molar-refractivity contribution in [2.24, 2.45) is 11.7 Å². The summed E-state index contributed by atoms with van der Waals surface area (Å²) < 4.78 is 0. The van der Waals surface area contributed by atoms with Crippen molar-refractivity contribution >= 4 is 17.7 Å². The number of Topliss-reactive ketones (excluding diaryl/α,β-unsaturated/α-hetero) is 1. The summed E-state index contributed by atoms with van der Waals surface area (Å²) in [6.45, 7) is 0. The number of amides is 1. The van der Waals surface area contributed by atoms with E-state index >= 15 is 0 Å². The maximum Gasteiger partial charge on any atom is 0.306 e. The molecule has 0 saturated carbocycles. The number of carbonyl (C=O) groups is 3. The van der Waals surface area contributed by atoms with Crippen LogP contribution in [-0.4, -0.2) is 22.8 Å². The lowest BCUT2D eigenvalue weighted by Crippen LogP contribution is -2.21. The van der Waals surface area contributed by atoms with Gasteiger partial charge in [0, 0.05) is 19.3 Å². The van der Waals surface area contributed by atoms with E-state index in [0.717, 1.165) is 5.56 Å². The van der Waals surface area contributed by atoms with E-state index < -0.39 is 17.8 Å². The summed E-state index contributed by atoms with van der Waals surface area (Å²) >= 11 is 0. The molecule has 0 aliphatic carbocycles. The Hall–Kier alpha value is -2.17. The number of primary amides is 1. The van der Waals surface area contributed by atoms with Crippen LogP contribution in [0.25, 0.3) is 0 Å². The Bertz CT molecular complexity index is 456. The topological polar surface area (TPSA) is 97.5 Å². The molecular formula is C14H17NO4. The largest absolute Gasteiger partial charge is 0.481 e. The zero-order valence-electron chi connectivity index (χ0n) is 10.5.